The van der Waals surface area contributed by atoms with E-state index in [4.69, 9.17) is 0 Å². The van der Waals surface area contributed by atoms with Crippen LogP contribution in [0, 0.1) is 5.92 Å². The zero-order valence-corrected chi connectivity index (χ0v) is 11.5. The van der Waals surface area contributed by atoms with Gasteiger partial charge in [0.2, 0.25) is 0 Å². The smallest absolute Gasteiger partial charge is 0.0492 e. The van der Waals surface area contributed by atoms with E-state index in [-0.39, 0.29) is 0 Å². The van der Waals surface area contributed by atoms with Gasteiger partial charge in [0.1, 0.15) is 0 Å². The lowest BCUT2D eigenvalue weighted by Crippen LogP contribution is -2.61. The van der Waals surface area contributed by atoms with Crippen LogP contribution in [-0.4, -0.2) is 46.4 Å². The maximum Gasteiger partial charge on any atom is 0.0492 e. The summed E-state index contributed by atoms with van der Waals surface area (Å²) in [6, 6.07) is 2.14. The third-order valence-electron chi connectivity index (χ3n) is 4.78. The van der Waals surface area contributed by atoms with Crippen molar-refractivity contribution in [3.8, 4) is 0 Å². The molecule has 1 saturated heterocycles. The highest BCUT2D eigenvalue weighted by Crippen LogP contribution is 2.43. The van der Waals surface area contributed by atoms with Gasteiger partial charge in [0.15, 0.2) is 0 Å². The van der Waals surface area contributed by atoms with Crippen molar-refractivity contribution in [2.45, 2.75) is 31.7 Å². The van der Waals surface area contributed by atoms with Crippen molar-refractivity contribution in [2.75, 3.05) is 26.2 Å². The molecule has 4 nitrogen and oxygen atoms in total. The first-order valence-corrected chi connectivity index (χ1v) is 7.13. The fraction of sp³-hybridized carbons (Fsp3) is 0.786. The van der Waals surface area contributed by atoms with E-state index in [2.05, 4.69) is 28.3 Å². The van der Waals surface area contributed by atoms with Crippen LogP contribution in [0.15, 0.2) is 12.3 Å². The molecule has 1 aliphatic heterocycles. The first kappa shape index (κ1) is 12.2. The number of aryl methyl sites for hydroxylation is 1. The SMILES string of the molecule is Cn1nccc1CCN1CCNCC1(C)C1CC1. The molecule has 1 unspecified atom stereocenters. The number of hydrogen-bond acceptors (Lipinski definition) is 3. The van der Waals surface area contributed by atoms with Crippen LogP contribution in [0.4, 0.5) is 0 Å². The fourth-order valence-corrected chi connectivity index (χ4v) is 3.29. The maximum atomic E-state index is 4.25. The lowest BCUT2D eigenvalue weighted by molar-refractivity contribution is 0.0567. The van der Waals surface area contributed by atoms with Crippen LogP contribution in [0.3, 0.4) is 0 Å². The Morgan fingerprint density at radius 2 is 2.33 bits per heavy atom. The van der Waals surface area contributed by atoms with Crippen molar-refractivity contribution in [3.05, 3.63) is 18.0 Å². The molecule has 0 radical (unpaired) electrons. The van der Waals surface area contributed by atoms with E-state index in [0.29, 0.717) is 5.54 Å². The monoisotopic (exact) mass is 248 g/mol. The molecule has 1 aromatic rings. The van der Waals surface area contributed by atoms with Gasteiger partial charge in [0.25, 0.3) is 0 Å². The number of rotatable bonds is 4. The largest absolute Gasteiger partial charge is 0.314 e. The van der Waals surface area contributed by atoms with E-state index in [0.717, 1.165) is 32.0 Å². The van der Waals surface area contributed by atoms with Crippen molar-refractivity contribution >= 4 is 0 Å². The van der Waals surface area contributed by atoms with E-state index in [1.54, 1.807) is 0 Å². The zero-order chi connectivity index (χ0) is 12.6. The third kappa shape index (κ3) is 2.19. The number of piperazine rings is 1. The topological polar surface area (TPSA) is 33.1 Å². The molecule has 0 spiro atoms. The van der Waals surface area contributed by atoms with Gasteiger partial charge in [-0.2, -0.15) is 5.10 Å². The van der Waals surface area contributed by atoms with Crippen LogP contribution >= 0.6 is 0 Å². The Morgan fingerprint density at radius 3 is 3.00 bits per heavy atom. The fourth-order valence-electron chi connectivity index (χ4n) is 3.29. The van der Waals surface area contributed by atoms with Crippen molar-refractivity contribution in [3.63, 3.8) is 0 Å². The Kier molecular flexibility index (Phi) is 3.16. The van der Waals surface area contributed by atoms with Crippen LogP contribution in [0.25, 0.3) is 0 Å². The Balaban J connectivity index is 1.65. The van der Waals surface area contributed by atoms with Gasteiger partial charge in [-0.25, -0.2) is 0 Å². The molecule has 1 atom stereocenters. The number of hydrogen-bond donors (Lipinski definition) is 1. The van der Waals surface area contributed by atoms with Gasteiger partial charge in [0, 0.05) is 57.1 Å². The highest BCUT2D eigenvalue weighted by molar-refractivity contribution is 5.05. The molecule has 0 bridgehead atoms. The highest BCUT2D eigenvalue weighted by atomic mass is 15.3. The average Bonchev–Trinajstić information content (AvgIpc) is 3.14. The van der Waals surface area contributed by atoms with Crippen molar-refractivity contribution < 1.29 is 0 Å². The van der Waals surface area contributed by atoms with Crippen molar-refractivity contribution in [1.82, 2.24) is 20.0 Å². The second kappa shape index (κ2) is 4.67. The number of aromatic nitrogens is 2. The Bertz CT molecular complexity index is 410. The molecule has 18 heavy (non-hydrogen) atoms. The summed E-state index contributed by atoms with van der Waals surface area (Å²) in [5.41, 5.74) is 1.73. The van der Waals surface area contributed by atoms with E-state index >= 15 is 0 Å². The molecule has 3 rings (SSSR count). The lowest BCUT2D eigenvalue weighted by atomic mass is 9.91. The molecule has 1 aliphatic carbocycles. The first-order chi connectivity index (χ1) is 8.70. The molecule has 2 aliphatic rings. The van der Waals surface area contributed by atoms with Gasteiger partial charge in [-0.05, 0) is 31.7 Å². The summed E-state index contributed by atoms with van der Waals surface area (Å²) in [5, 5.41) is 7.82. The van der Waals surface area contributed by atoms with E-state index in [9.17, 15) is 0 Å². The summed E-state index contributed by atoms with van der Waals surface area (Å²) in [5.74, 6) is 0.914. The van der Waals surface area contributed by atoms with Crippen LogP contribution in [0.1, 0.15) is 25.5 Å². The zero-order valence-electron chi connectivity index (χ0n) is 11.5. The van der Waals surface area contributed by atoms with Gasteiger partial charge in [0.05, 0.1) is 0 Å². The van der Waals surface area contributed by atoms with Gasteiger partial charge >= 0.3 is 0 Å². The predicted octanol–water partition coefficient (Wildman–Crippen LogP) is 1.04. The second-order valence-electron chi connectivity index (χ2n) is 5.99. The molecule has 2 fully saturated rings. The standard InChI is InChI=1S/C14H24N4/c1-14(12-3-4-12)11-15-8-10-18(14)9-6-13-5-7-16-17(13)2/h5,7,12,15H,3-4,6,8-11H2,1-2H3. The molecule has 2 heterocycles. The van der Waals surface area contributed by atoms with E-state index in [1.807, 2.05) is 17.9 Å². The third-order valence-corrected chi connectivity index (χ3v) is 4.78. The molecule has 0 aromatic carbocycles. The molecule has 1 saturated carbocycles. The molecule has 100 valence electrons. The number of nitrogens with zero attached hydrogens (tertiary/aromatic N) is 3. The van der Waals surface area contributed by atoms with Crippen LogP contribution in [0.2, 0.25) is 0 Å². The summed E-state index contributed by atoms with van der Waals surface area (Å²) in [6.45, 7) is 7.08. The van der Waals surface area contributed by atoms with Gasteiger partial charge < -0.3 is 5.32 Å². The van der Waals surface area contributed by atoms with E-state index < -0.39 is 0 Å². The average molecular weight is 248 g/mol. The van der Waals surface area contributed by atoms with Gasteiger partial charge in [-0.1, -0.05) is 0 Å². The van der Waals surface area contributed by atoms with Crippen LogP contribution in [0.5, 0.6) is 0 Å². The van der Waals surface area contributed by atoms with Crippen LogP contribution in [-0.2, 0) is 13.5 Å². The van der Waals surface area contributed by atoms with E-state index in [1.165, 1.54) is 25.1 Å². The second-order valence-corrected chi connectivity index (χ2v) is 5.99. The Morgan fingerprint density at radius 1 is 1.50 bits per heavy atom. The summed E-state index contributed by atoms with van der Waals surface area (Å²) < 4.78 is 2.00. The summed E-state index contributed by atoms with van der Waals surface area (Å²) in [4.78, 5) is 2.70. The number of nitrogens with one attached hydrogen (secondary N) is 1. The molecular formula is C14H24N4. The van der Waals surface area contributed by atoms with Crippen molar-refractivity contribution in [2.24, 2.45) is 13.0 Å². The van der Waals surface area contributed by atoms with Crippen LogP contribution < -0.4 is 5.32 Å². The molecule has 1 aromatic heterocycles. The van der Waals surface area contributed by atoms with Gasteiger partial charge in [-0.15, -0.1) is 0 Å². The summed E-state index contributed by atoms with van der Waals surface area (Å²) >= 11 is 0. The minimum absolute atomic E-state index is 0.386. The van der Waals surface area contributed by atoms with Gasteiger partial charge in [-0.3, -0.25) is 9.58 Å². The summed E-state index contributed by atoms with van der Waals surface area (Å²) in [6.07, 6.45) is 5.84. The molecule has 4 heteroatoms. The minimum Gasteiger partial charge on any atom is -0.314 e. The summed E-state index contributed by atoms with van der Waals surface area (Å²) in [7, 11) is 2.03. The normalized spacial score (nSPS) is 29.7. The maximum absolute atomic E-state index is 4.25. The molecule has 1 N–H and O–H groups in total. The van der Waals surface area contributed by atoms with Crippen molar-refractivity contribution in [1.29, 1.82) is 0 Å². The minimum atomic E-state index is 0.386. The molecule has 0 amide bonds. The lowest BCUT2D eigenvalue weighted by Gasteiger charge is -2.46. The predicted molar refractivity (Wildman–Crippen MR) is 72.5 cm³/mol. The Labute approximate surface area is 109 Å². The highest BCUT2D eigenvalue weighted by Gasteiger charge is 2.46. The molecular weight excluding hydrogens is 224 g/mol. The quantitative estimate of drug-likeness (QED) is 0.864. The Hall–Kier alpha value is -0.870. The first-order valence-electron chi connectivity index (χ1n) is 7.13.